The molecule has 32 heavy (non-hydrogen) atoms. The smallest absolute Gasteiger partial charge is 0.417 e. The van der Waals surface area contributed by atoms with Gasteiger partial charge in [0.05, 0.1) is 0 Å². The molecule has 0 spiro atoms. The number of nitrogens with zero attached hydrogens (tertiary/aromatic N) is 1. The number of carbonyl (C=O) groups excluding carboxylic acids is 2. The fourth-order valence-electron chi connectivity index (χ4n) is 3.70. The van der Waals surface area contributed by atoms with Crippen LogP contribution in [0.5, 0.6) is 5.75 Å². The number of hydrogen-bond donors (Lipinski definition) is 3. The standard InChI is InChI=1S/C20H18F5N3O4/c1-8-13(10-3-4-11(21)14(22)15(10)29)16(32-19(8,2)20(23,24)25)18(31)28-9-5-6-27-12(7-9)17(26)30/h3-8,13,16,29H,1-2H3,(H2,26,30)(H,27,28,31)/t8-,13+,16-,19+/m1/s1. The Labute approximate surface area is 178 Å². The topological polar surface area (TPSA) is 115 Å². The number of rotatable bonds is 4. The number of amides is 2. The molecule has 0 radical (unpaired) electrons. The summed E-state index contributed by atoms with van der Waals surface area (Å²) >= 11 is 0. The minimum atomic E-state index is -4.93. The molecule has 3 rings (SSSR count). The molecule has 1 aromatic heterocycles. The number of benzene rings is 1. The second-order valence-corrected chi connectivity index (χ2v) is 7.54. The predicted molar refractivity (Wildman–Crippen MR) is 101 cm³/mol. The SMILES string of the molecule is C[C@@H]1[C@@H](c2ccc(F)c(F)c2O)[C@H](C(=O)Nc2ccnc(C(N)=O)c2)O[C@]1(C)C(F)(F)F. The summed E-state index contributed by atoms with van der Waals surface area (Å²) in [5, 5.41) is 12.4. The van der Waals surface area contributed by atoms with Crippen LogP contribution in [0.3, 0.4) is 0 Å². The Morgan fingerprint density at radius 1 is 1.25 bits per heavy atom. The number of phenolic OH excluding ortho intramolecular Hbond substituents is 1. The van der Waals surface area contributed by atoms with Crippen molar-refractivity contribution >= 4 is 17.5 Å². The van der Waals surface area contributed by atoms with E-state index in [1.807, 2.05) is 0 Å². The fourth-order valence-corrected chi connectivity index (χ4v) is 3.70. The molecule has 1 aliphatic rings. The summed E-state index contributed by atoms with van der Waals surface area (Å²) in [6, 6.07) is 3.90. The Kier molecular flexibility index (Phi) is 5.85. The number of nitrogens with two attached hydrogens (primary N) is 1. The highest BCUT2D eigenvalue weighted by molar-refractivity contribution is 5.97. The van der Waals surface area contributed by atoms with Gasteiger partial charge in [0.2, 0.25) is 5.82 Å². The molecule has 2 amide bonds. The van der Waals surface area contributed by atoms with E-state index in [0.717, 1.165) is 32.2 Å². The summed E-state index contributed by atoms with van der Waals surface area (Å²) in [7, 11) is 0. The minimum Gasteiger partial charge on any atom is -0.505 e. The number of alkyl halides is 3. The van der Waals surface area contributed by atoms with Gasteiger partial charge in [-0.1, -0.05) is 13.0 Å². The summed E-state index contributed by atoms with van der Waals surface area (Å²) < 4.78 is 74.0. The van der Waals surface area contributed by atoms with Gasteiger partial charge in [0.1, 0.15) is 11.8 Å². The van der Waals surface area contributed by atoms with Crippen molar-refractivity contribution in [3.8, 4) is 5.75 Å². The number of phenols is 1. The zero-order chi connectivity index (χ0) is 24.0. The molecular weight excluding hydrogens is 441 g/mol. The van der Waals surface area contributed by atoms with Gasteiger partial charge in [-0.3, -0.25) is 14.6 Å². The van der Waals surface area contributed by atoms with Crippen LogP contribution >= 0.6 is 0 Å². The quantitative estimate of drug-likeness (QED) is 0.608. The number of nitrogens with one attached hydrogen (secondary N) is 1. The molecule has 2 heterocycles. The highest BCUT2D eigenvalue weighted by Gasteiger charge is 2.65. The Bertz CT molecular complexity index is 1080. The van der Waals surface area contributed by atoms with Crippen LogP contribution in [0.25, 0.3) is 0 Å². The van der Waals surface area contributed by atoms with E-state index in [0.29, 0.717) is 6.07 Å². The minimum absolute atomic E-state index is 0.0103. The molecule has 0 aliphatic carbocycles. The van der Waals surface area contributed by atoms with Crippen molar-refractivity contribution in [3.05, 3.63) is 53.4 Å². The van der Waals surface area contributed by atoms with Crippen molar-refractivity contribution in [2.45, 2.75) is 37.6 Å². The summed E-state index contributed by atoms with van der Waals surface area (Å²) in [5.41, 5.74) is 1.64. The molecule has 2 aromatic rings. The third kappa shape index (κ3) is 3.85. The summed E-state index contributed by atoms with van der Waals surface area (Å²) in [6.45, 7) is 1.86. The Hall–Kier alpha value is -3.28. The molecule has 1 fully saturated rings. The van der Waals surface area contributed by atoms with Crippen LogP contribution < -0.4 is 11.1 Å². The van der Waals surface area contributed by atoms with Crippen LogP contribution in [0, 0.1) is 17.6 Å². The summed E-state index contributed by atoms with van der Waals surface area (Å²) in [4.78, 5) is 27.9. The Morgan fingerprint density at radius 2 is 1.91 bits per heavy atom. The number of ether oxygens (including phenoxy) is 1. The van der Waals surface area contributed by atoms with Crippen molar-refractivity contribution in [2.24, 2.45) is 11.7 Å². The molecule has 0 saturated carbocycles. The zero-order valence-electron chi connectivity index (χ0n) is 16.7. The molecular formula is C20H18F5N3O4. The molecule has 7 nitrogen and oxygen atoms in total. The van der Waals surface area contributed by atoms with Crippen LogP contribution in [-0.2, 0) is 9.53 Å². The second kappa shape index (κ2) is 8.01. The van der Waals surface area contributed by atoms with Gasteiger partial charge in [0, 0.05) is 29.3 Å². The molecule has 4 atom stereocenters. The maximum atomic E-state index is 14.0. The molecule has 1 saturated heterocycles. The van der Waals surface area contributed by atoms with Crippen LogP contribution in [-0.4, -0.2) is 39.8 Å². The number of pyridine rings is 1. The van der Waals surface area contributed by atoms with E-state index in [1.54, 1.807) is 0 Å². The third-order valence-corrected chi connectivity index (χ3v) is 5.67. The number of hydrogen-bond acceptors (Lipinski definition) is 5. The molecule has 0 bridgehead atoms. The number of aromatic nitrogens is 1. The maximum absolute atomic E-state index is 14.0. The van der Waals surface area contributed by atoms with Gasteiger partial charge in [-0.2, -0.15) is 17.6 Å². The lowest BCUT2D eigenvalue weighted by atomic mass is 9.77. The first-order valence-corrected chi connectivity index (χ1v) is 9.26. The normalized spacial score (nSPS) is 25.5. The van der Waals surface area contributed by atoms with Crippen molar-refractivity contribution in [1.29, 1.82) is 0 Å². The first-order chi connectivity index (χ1) is 14.8. The zero-order valence-corrected chi connectivity index (χ0v) is 16.7. The highest BCUT2D eigenvalue weighted by Crippen LogP contribution is 2.54. The van der Waals surface area contributed by atoms with E-state index in [4.69, 9.17) is 10.5 Å². The number of halogens is 5. The van der Waals surface area contributed by atoms with Crippen LogP contribution in [0.1, 0.15) is 35.8 Å². The Morgan fingerprint density at radius 3 is 2.50 bits per heavy atom. The van der Waals surface area contributed by atoms with E-state index in [9.17, 15) is 36.6 Å². The second-order valence-electron chi connectivity index (χ2n) is 7.54. The molecule has 172 valence electrons. The molecule has 4 N–H and O–H groups in total. The molecule has 0 unspecified atom stereocenters. The number of anilines is 1. The predicted octanol–water partition coefficient (Wildman–Crippen LogP) is 3.24. The lowest BCUT2D eigenvalue weighted by Crippen LogP contribution is -2.47. The molecule has 12 heteroatoms. The molecule has 1 aliphatic heterocycles. The average Bonchev–Trinajstić information content (AvgIpc) is 2.99. The maximum Gasteiger partial charge on any atom is 0.417 e. The lowest BCUT2D eigenvalue weighted by molar-refractivity contribution is -0.272. The van der Waals surface area contributed by atoms with E-state index in [2.05, 4.69) is 10.3 Å². The number of primary amides is 1. The van der Waals surface area contributed by atoms with Crippen LogP contribution in [0.2, 0.25) is 0 Å². The van der Waals surface area contributed by atoms with Gasteiger partial charge in [-0.15, -0.1) is 0 Å². The first-order valence-electron chi connectivity index (χ1n) is 9.26. The van der Waals surface area contributed by atoms with Gasteiger partial charge in [-0.25, -0.2) is 4.39 Å². The van der Waals surface area contributed by atoms with Gasteiger partial charge < -0.3 is 20.9 Å². The van der Waals surface area contributed by atoms with Gasteiger partial charge >= 0.3 is 6.18 Å². The van der Waals surface area contributed by atoms with Crippen LogP contribution in [0.4, 0.5) is 27.6 Å². The van der Waals surface area contributed by atoms with E-state index in [1.165, 1.54) is 6.07 Å². The van der Waals surface area contributed by atoms with Gasteiger partial charge in [-0.05, 0) is 25.1 Å². The summed E-state index contributed by atoms with van der Waals surface area (Å²) in [5.74, 6) is -9.22. The highest BCUT2D eigenvalue weighted by atomic mass is 19.4. The lowest BCUT2D eigenvalue weighted by Gasteiger charge is -2.31. The van der Waals surface area contributed by atoms with E-state index in [-0.39, 0.29) is 11.4 Å². The van der Waals surface area contributed by atoms with Gasteiger partial charge in [0.25, 0.3) is 11.8 Å². The van der Waals surface area contributed by atoms with Crippen molar-refractivity contribution < 1.29 is 41.4 Å². The monoisotopic (exact) mass is 459 g/mol. The Balaban J connectivity index is 2.05. The van der Waals surface area contributed by atoms with Crippen LogP contribution in [0.15, 0.2) is 30.5 Å². The van der Waals surface area contributed by atoms with E-state index >= 15 is 0 Å². The van der Waals surface area contributed by atoms with E-state index < -0.39 is 64.5 Å². The van der Waals surface area contributed by atoms with Crippen molar-refractivity contribution in [1.82, 2.24) is 4.98 Å². The molecule has 1 aromatic carbocycles. The van der Waals surface area contributed by atoms with Gasteiger partial charge in [0.15, 0.2) is 17.2 Å². The number of carbonyl (C=O) groups is 2. The van der Waals surface area contributed by atoms with Crippen molar-refractivity contribution in [2.75, 3.05) is 5.32 Å². The summed E-state index contributed by atoms with van der Waals surface area (Å²) in [6.07, 6.45) is -5.63. The third-order valence-electron chi connectivity index (χ3n) is 5.67. The fraction of sp³-hybridized carbons (Fsp3) is 0.350. The first kappa shape index (κ1) is 23.4. The largest absolute Gasteiger partial charge is 0.505 e. The average molecular weight is 459 g/mol. The van der Waals surface area contributed by atoms with Crippen molar-refractivity contribution in [3.63, 3.8) is 0 Å². The number of aromatic hydroxyl groups is 1.